The highest BCUT2D eigenvalue weighted by molar-refractivity contribution is 7.09. The third-order valence-electron chi connectivity index (χ3n) is 2.57. The number of aromatic nitrogens is 1. The van der Waals surface area contributed by atoms with E-state index in [0.717, 1.165) is 29.4 Å². The predicted octanol–water partition coefficient (Wildman–Crippen LogP) is 2.16. The number of rotatable bonds is 6. The monoisotopic (exact) mass is 280 g/mol. The molecule has 0 aliphatic carbocycles. The molecule has 6 heteroatoms. The second-order valence-electron chi connectivity index (χ2n) is 4.04. The summed E-state index contributed by atoms with van der Waals surface area (Å²) < 4.78 is 9.92. The first kappa shape index (κ1) is 13.8. The maximum atomic E-state index is 11.2. The van der Waals surface area contributed by atoms with Gasteiger partial charge in [-0.05, 0) is 19.1 Å². The highest BCUT2D eigenvalue weighted by Crippen LogP contribution is 2.10. The molecule has 5 nitrogen and oxygen atoms in total. The number of ether oxygens (including phenoxy) is 1. The molecule has 0 saturated carbocycles. The van der Waals surface area contributed by atoms with Crippen molar-refractivity contribution in [1.82, 2.24) is 10.3 Å². The topological polar surface area (TPSA) is 64.4 Å². The van der Waals surface area contributed by atoms with Crippen LogP contribution in [0.3, 0.4) is 0 Å². The third kappa shape index (κ3) is 3.90. The first-order chi connectivity index (χ1) is 9.19. The molecule has 0 bridgehead atoms. The first-order valence-corrected chi connectivity index (χ1v) is 6.86. The smallest absolute Gasteiger partial charge is 0.373 e. The summed E-state index contributed by atoms with van der Waals surface area (Å²) in [5, 5.41) is 6.40. The Balaban J connectivity index is 1.73. The zero-order valence-corrected chi connectivity index (χ0v) is 11.8. The summed E-state index contributed by atoms with van der Waals surface area (Å²) in [6.45, 7) is 3.40. The molecular formula is C13H16N2O3S. The molecule has 0 aliphatic rings. The lowest BCUT2D eigenvalue weighted by Crippen LogP contribution is -2.16. The molecule has 0 aliphatic heterocycles. The zero-order valence-electron chi connectivity index (χ0n) is 10.9. The van der Waals surface area contributed by atoms with Gasteiger partial charge in [-0.1, -0.05) is 0 Å². The lowest BCUT2D eigenvalue weighted by Gasteiger charge is -2.00. The van der Waals surface area contributed by atoms with Gasteiger partial charge in [-0.2, -0.15) is 0 Å². The van der Waals surface area contributed by atoms with Crippen LogP contribution in [0.2, 0.25) is 0 Å². The van der Waals surface area contributed by atoms with Gasteiger partial charge in [-0.25, -0.2) is 9.78 Å². The van der Waals surface area contributed by atoms with Gasteiger partial charge in [0.05, 0.1) is 24.4 Å². The van der Waals surface area contributed by atoms with Crippen LogP contribution in [0.1, 0.15) is 27.0 Å². The Kier molecular flexibility index (Phi) is 4.70. The molecule has 0 atom stereocenters. The number of nitrogens with one attached hydrogen (secondary N) is 1. The van der Waals surface area contributed by atoms with Gasteiger partial charge in [-0.3, -0.25) is 0 Å². The fourth-order valence-electron chi connectivity index (χ4n) is 1.63. The average Bonchev–Trinajstić information content (AvgIpc) is 3.03. The average molecular weight is 280 g/mol. The molecule has 0 fully saturated rings. The summed E-state index contributed by atoms with van der Waals surface area (Å²) in [4.78, 5) is 15.6. The highest BCUT2D eigenvalue weighted by Gasteiger charge is 2.10. The van der Waals surface area contributed by atoms with E-state index in [-0.39, 0.29) is 5.76 Å². The van der Waals surface area contributed by atoms with Crippen molar-refractivity contribution in [2.75, 3.05) is 13.7 Å². The summed E-state index contributed by atoms with van der Waals surface area (Å²) in [7, 11) is 1.33. The predicted molar refractivity (Wildman–Crippen MR) is 72.3 cm³/mol. The summed E-state index contributed by atoms with van der Waals surface area (Å²) in [5.74, 6) is 0.494. The SMILES string of the molecule is COC(=O)c1ccc(CNCCc2csc(C)n2)o1. The maximum absolute atomic E-state index is 11.2. The quantitative estimate of drug-likeness (QED) is 0.649. The summed E-state index contributed by atoms with van der Waals surface area (Å²) in [6.07, 6.45) is 0.884. The van der Waals surface area contributed by atoms with Crippen molar-refractivity contribution in [1.29, 1.82) is 0 Å². The van der Waals surface area contributed by atoms with E-state index in [9.17, 15) is 4.79 Å². The number of hydrogen-bond donors (Lipinski definition) is 1. The second kappa shape index (κ2) is 6.49. The molecule has 0 amide bonds. The summed E-state index contributed by atoms with van der Waals surface area (Å²) in [6, 6.07) is 3.39. The van der Waals surface area contributed by atoms with Crippen molar-refractivity contribution >= 4 is 17.3 Å². The van der Waals surface area contributed by atoms with E-state index < -0.39 is 5.97 Å². The van der Waals surface area contributed by atoms with Crippen molar-refractivity contribution in [3.8, 4) is 0 Å². The van der Waals surface area contributed by atoms with E-state index in [4.69, 9.17) is 4.42 Å². The molecule has 2 aromatic heterocycles. The van der Waals surface area contributed by atoms with E-state index in [1.54, 1.807) is 23.5 Å². The van der Waals surface area contributed by atoms with Crippen LogP contribution in [0.25, 0.3) is 0 Å². The van der Waals surface area contributed by atoms with E-state index >= 15 is 0 Å². The lowest BCUT2D eigenvalue weighted by atomic mass is 10.3. The number of nitrogens with zero attached hydrogens (tertiary/aromatic N) is 1. The second-order valence-corrected chi connectivity index (χ2v) is 5.10. The van der Waals surface area contributed by atoms with Crippen LogP contribution in [-0.4, -0.2) is 24.6 Å². The Morgan fingerprint density at radius 3 is 3.05 bits per heavy atom. The van der Waals surface area contributed by atoms with Crippen LogP contribution in [-0.2, 0) is 17.7 Å². The summed E-state index contributed by atoms with van der Waals surface area (Å²) in [5.41, 5.74) is 1.10. The van der Waals surface area contributed by atoms with Gasteiger partial charge < -0.3 is 14.5 Å². The zero-order chi connectivity index (χ0) is 13.7. The Bertz CT molecular complexity index is 548. The van der Waals surface area contributed by atoms with E-state index in [0.29, 0.717) is 6.54 Å². The third-order valence-corrected chi connectivity index (χ3v) is 3.39. The molecule has 19 heavy (non-hydrogen) atoms. The van der Waals surface area contributed by atoms with Crippen molar-refractivity contribution in [2.45, 2.75) is 19.9 Å². The maximum Gasteiger partial charge on any atom is 0.373 e. The lowest BCUT2D eigenvalue weighted by molar-refractivity contribution is 0.0563. The fourth-order valence-corrected chi connectivity index (χ4v) is 2.28. The van der Waals surface area contributed by atoms with E-state index in [1.165, 1.54) is 7.11 Å². The molecule has 0 unspecified atom stereocenters. The van der Waals surface area contributed by atoms with Gasteiger partial charge in [-0.15, -0.1) is 11.3 Å². The number of carbonyl (C=O) groups is 1. The minimum Gasteiger partial charge on any atom is -0.463 e. The number of carbonyl (C=O) groups excluding carboxylic acids is 1. The van der Waals surface area contributed by atoms with Gasteiger partial charge in [0.2, 0.25) is 5.76 Å². The molecule has 0 aromatic carbocycles. The van der Waals surface area contributed by atoms with Crippen LogP contribution in [0.15, 0.2) is 21.9 Å². The Hall–Kier alpha value is -1.66. The number of furan rings is 1. The van der Waals surface area contributed by atoms with E-state index in [1.807, 2.05) is 6.92 Å². The molecule has 2 aromatic rings. The normalized spacial score (nSPS) is 10.6. The van der Waals surface area contributed by atoms with E-state index in [2.05, 4.69) is 20.4 Å². The number of thiazole rings is 1. The number of esters is 1. The van der Waals surface area contributed by atoms with Crippen LogP contribution >= 0.6 is 11.3 Å². The minimum absolute atomic E-state index is 0.231. The largest absolute Gasteiger partial charge is 0.463 e. The Labute approximate surface area is 115 Å². The minimum atomic E-state index is -0.454. The number of hydrogen-bond acceptors (Lipinski definition) is 6. The Morgan fingerprint density at radius 2 is 2.37 bits per heavy atom. The van der Waals surface area contributed by atoms with Gasteiger partial charge >= 0.3 is 5.97 Å². The van der Waals surface area contributed by atoms with Crippen LogP contribution in [0.5, 0.6) is 0 Å². The van der Waals surface area contributed by atoms with Crippen LogP contribution < -0.4 is 5.32 Å². The van der Waals surface area contributed by atoms with Crippen molar-refractivity contribution < 1.29 is 13.9 Å². The molecule has 2 rings (SSSR count). The molecule has 1 N–H and O–H groups in total. The molecule has 0 spiro atoms. The molecule has 0 radical (unpaired) electrons. The van der Waals surface area contributed by atoms with Gasteiger partial charge in [0.25, 0.3) is 0 Å². The number of aryl methyl sites for hydroxylation is 1. The first-order valence-electron chi connectivity index (χ1n) is 5.98. The molecule has 0 saturated heterocycles. The number of methoxy groups -OCH3 is 1. The van der Waals surface area contributed by atoms with Crippen molar-refractivity contribution in [2.24, 2.45) is 0 Å². The van der Waals surface area contributed by atoms with Crippen molar-refractivity contribution in [3.05, 3.63) is 39.7 Å². The summed E-state index contributed by atoms with van der Waals surface area (Å²) >= 11 is 1.66. The van der Waals surface area contributed by atoms with Crippen LogP contribution in [0, 0.1) is 6.92 Å². The molecular weight excluding hydrogens is 264 g/mol. The van der Waals surface area contributed by atoms with Gasteiger partial charge in [0.1, 0.15) is 5.76 Å². The fraction of sp³-hybridized carbons (Fsp3) is 0.385. The van der Waals surface area contributed by atoms with Gasteiger partial charge in [0, 0.05) is 18.3 Å². The van der Waals surface area contributed by atoms with Gasteiger partial charge in [0.15, 0.2) is 0 Å². The van der Waals surface area contributed by atoms with Crippen molar-refractivity contribution in [3.63, 3.8) is 0 Å². The Morgan fingerprint density at radius 1 is 1.53 bits per heavy atom. The molecule has 2 heterocycles. The van der Waals surface area contributed by atoms with Crippen LogP contribution in [0.4, 0.5) is 0 Å². The highest BCUT2D eigenvalue weighted by atomic mass is 32.1. The molecule has 102 valence electrons. The standard InChI is InChI=1S/C13H16N2O3S/c1-9-15-10(8-19-9)5-6-14-7-11-3-4-12(18-11)13(16)17-2/h3-4,8,14H,5-7H2,1-2H3.